The Bertz CT molecular complexity index is 422. The monoisotopic (exact) mass is 249 g/mol. The quantitative estimate of drug-likeness (QED) is 0.653. The number of likely N-dealkylation sites (tertiary alicyclic amines) is 1. The second kappa shape index (κ2) is 5.93. The first kappa shape index (κ1) is 13.0. The molecule has 0 aliphatic carbocycles. The molecule has 0 amide bonds. The molecule has 1 aliphatic heterocycles. The molecular formula is C13H19N3O2. The summed E-state index contributed by atoms with van der Waals surface area (Å²) < 4.78 is 0. The van der Waals surface area contributed by atoms with Gasteiger partial charge >= 0.3 is 0 Å². The van der Waals surface area contributed by atoms with Gasteiger partial charge in [0, 0.05) is 30.8 Å². The van der Waals surface area contributed by atoms with Gasteiger partial charge in [-0.2, -0.15) is 0 Å². The Kier molecular flexibility index (Phi) is 4.28. The van der Waals surface area contributed by atoms with Crippen molar-refractivity contribution >= 4 is 5.69 Å². The lowest BCUT2D eigenvalue weighted by molar-refractivity contribution is -0.385. The van der Waals surface area contributed by atoms with Crippen molar-refractivity contribution in [3.63, 3.8) is 0 Å². The van der Waals surface area contributed by atoms with Gasteiger partial charge in [0.25, 0.3) is 5.69 Å². The molecule has 0 saturated carbocycles. The first-order valence-corrected chi connectivity index (χ1v) is 6.39. The number of hydrogen-bond donors (Lipinski definition) is 1. The molecule has 1 unspecified atom stereocenters. The summed E-state index contributed by atoms with van der Waals surface area (Å²) in [6, 6.07) is 7.32. The largest absolute Gasteiger partial charge is 0.329 e. The van der Waals surface area contributed by atoms with Crippen molar-refractivity contribution in [3.8, 4) is 0 Å². The zero-order valence-electron chi connectivity index (χ0n) is 10.4. The average molecular weight is 249 g/mol. The third-order valence-corrected chi connectivity index (χ3v) is 3.58. The number of nitrogens with two attached hydrogens (primary N) is 1. The molecule has 1 saturated heterocycles. The number of nitro groups is 1. The smallest absolute Gasteiger partial charge is 0.273 e. The van der Waals surface area contributed by atoms with Crippen molar-refractivity contribution in [2.24, 2.45) is 5.73 Å². The maximum atomic E-state index is 11.0. The average Bonchev–Trinajstić information content (AvgIpc) is 2.40. The number of rotatable bonds is 4. The molecule has 18 heavy (non-hydrogen) atoms. The van der Waals surface area contributed by atoms with Crippen molar-refractivity contribution in [2.45, 2.75) is 31.8 Å². The van der Waals surface area contributed by atoms with E-state index in [4.69, 9.17) is 5.73 Å². The molecular weight excluding hydrogens is 230 g/mol. The molecule has 0 aromatic heterocycles. The lowest BCUT2D eigenvalue weighted by Crippen LogP contribution is -2.43. The van der Waals surface area contributed by atoms with Gasteiger partial charge < -0.3 is 5.73 Å². The number of hydrogen-bond acceptors (Lipinski definition) is 4. The molecule has 1 aromatic rings. The predicted molar refractivity (Wildman–Crippen MR) is 70.2 cm³/mol. The second-order valence-electron chi connectivity index (χ2n) is 4.74. The SMILES string of the molecule is NCC1CCCCN1Cc1ccccc1[N+](=O)[O-]. The third kappa shape index (κ3) is 2.86. The van der Waals surface area contributed by atoms with Crippen LogP contribution in [0.15, 0.2) is 24.3 Å². The summed E-state index contributed by atoms with van der Waals surface area (Å²) in [4.78, 5) is 12.9. The van der Waals surface area contributed by atoms with E-state index in [-0.39, 0.29) is 10.6 Å². The van der Waals surface area contributed by atoms with Gasteiger partial charge in [-0.05, 0) is 19.4 Å². The van der Waals surface area contributed by atoms with Gasteiger partial charge in [0.1, 0.15) is 0 Å². The van der Waals surface area contributed by atoms with Crippen LogP contribution in [0.2, 0.25) is 0 Å². The van der Waals surface area contributed by atoms with Gasteiger partial charge in [0.15, 0.2) is 0 Å². The molecule has 5 nitrogen and oxygen atoms in total. The van der Waals surface area contributed by atoms with Crippen LogP contribution >= 0.6 is 0 Å². The highest BCUT2D eigenvalue weighted by Gasteiger charge is 2.23. The molecule has 98 valence electrons. The molecule has 0 radical (unpaired) electrons. The maximum absolute atomic E-state index is 11.0. The summed E-state index contributed by atoms with van der Waals surface area (Å²) in [7, 11) is 0. The minimum Gasteiger partial charge on any atom is -0.329 e. The Morgan fingerprint density at radius 2 is 2.17 bits per heavy atom. The van der Waals surface area contributed by atoms with E-state index in [0.29, 0.717) is 19.1 Å². The summed E-state index contributed by atoms with van der Waals surface area (Å²) in [5.41, 5.74) is 6.76. The highest BCUT2D eigenvalue weighted by atomic mass is 16.6. The van der Waals surface area contributed by atoms with Gasteiger partial charge in [-0.15, -0.1) is 0 Å². The summed E-state index contributed by atoms with van der Waals surface area (Å²) in [6.45, 7) is 2.23. The minimum atomic E-state index is -0.309. The summed E-state index contributed by atoms with van der Waals surface area (Å²) >= 11 is 0. The third-order valence-electron chi connectivity index (χ3n) is 3.58. The van der Waals surface area contributed by atoms with E-state index in [9.17, 15) is 10.1 Å². The van der Waals surface area contributed by atoms with E-state index in [2.05, 4.69) is 4.90 Å². The van der Waals surface area contributed by atoms with Crippen LogP contribution in [-0.2, 0) is 6.54 Å². The molecule has 0 bridgehead atoms. The van der Waals surface area contributed by atoms with Crippen molar-refractivity contribution < 1.29 is 4.92 Å². The van der Waals surface area contributed by atoms with Crippen molar-refractivity contribution in [1.82, 2.24) is 4.90 Å². The lowest BCUT2D eigenvalue weighted by Gasteiger charge is -2.34. The Morgan fingerprint density at radius 1 is 1.39 bits per heavy atom. The molecule has 0 spiro atoms. The number of para-hydroxylation sites is 1. The van der Waals surface area contributed by atoms with Crippen LogP contribution in [0.5, 0.6) is 0 Å². The van der Waals surface area contributed by atoms with E-state index >= 15 is 0 Å². The summed E-state index contributed by atoms with van der Waals surface area (Å²) in [5, 5.41) is 11.0. The van der Waals surface area contributed by atoms with Gasteiger partial charge in [-0.25, -0.2) is 0 Å². The van der Waals surface area contributed by atoms with Crippen molar-refractivity contribution in [2.75, 3.05) is 13.1 Å². The fraction of sp³-hybridized carbons (Fsp3) is 0.538. The van der Waals surface area contributed by atoms with Crippen LogP contribution in [-0.4, -0.2) is 29.0 Å². The van der Waals surface area contributed by atoms with Crippen LogP contribution in [0.4, 0.5) is 5.69 Å². The van der Waals surface area contributed by atoms with Gasteiger partial charge in [0.2, 0.25) is 0 Å². The van der Waals surface area contributed by atoms with E-state index in [1.807, 2.05) is 12.1 Å². The zero-order chi connectivity index (χ0) is 13.0. The number of benzene rings is 1. The fourth-order valence-electron chi connectivity index (χ4n) is 2.58. The Balaban J connectivity index is 2.15. The van der Waals surface area contributed by atoms with Crippen molar-refractivity contribution in [1.29, 1.82) is 0 Å². The first-order valence-electron chi connectivity index (χ1n) is 6.39. The summed E-state index contributed by atoms with van der Waals surface area (Å²) in [5.74, 6) is 0. The van der Waals surface area contributed by atoms with Crippen LogP contribution in [0, 0.1) is 10.1 Å². The van der Waals surface area contributed by atoms with Crippen LogP contribution < -0.4 is 5.73 Å². The van der Waals surface area contributed by atoms with Crippen LogP contribution in [0.1, 0.15) is 24.8 Å². The van der Waals surface area contributed by atoms with E-state index in [1.165, 1.54) is 6.42 Å². The molecule has 1 atom stereocenters. The minimum absolute atomic E-state index is 0.207. The lowest BCUT2D eigenvalue weighted by atomic mass is 10.0. The molecule has 1 aromatic carbocycles. The van der Waals surface area contributed by atoms with Gasteiger partial charge in [-0.3, -0.25) is 15.0 Å². The van der Waals surface area contributed by atoms with Crippen LogP contribution in [0.3, 0.4) is 0 Å². The molecule has 2 rings (SSSR count). The normalized spacial score (nSPS) is 20.8. The topological polar surface area (TPSA) is 72.4 Å². The molecule has 5 heteroatoms. The second-order valence-corrected chi connectivity index (χ2v) is 4.74. The Morgan fingerprint density at radius 3 is 2.89 bits per heavy atom. The number of nitro benzene ring substituents is 1. The fourth-order valence-corrected chi connectivity index (χ4v) is 2.58. The van der Waals surface area contributed by atoms with Gasteiger partial charge in [-0.1, -0.05) is 24.6 Å². The molecule has 2 N–H and O–H groups in total. The molecule has 1 fully saturated rings. The zero-order valence-corrected chi connectivity index (χ0v) is 10.4. The van der Waals surface area contributed by atoms with Gasteiger partial charge in [0.05, 0.1) is 4.92 Å². The number of piperidine rings is 1. The predicted octanol–water partition coefficient (Wildman–Crippen LogP) is 1.91. The molecule has 1 aliphatic rings. The highest BCUT2D eigenvalue weighted by molar-refractivity contribution is 5.39. The number of nitrogens with zero attached hydrogens (tertiary/aromatic N) is 2. The van der Waals surface area contributed by atoms with E-state index in [1.54, 1.807) is 12.1 Å². The highest BCUT2D eigenvalue weighted by Crippen LogP contribution is 2.23. The Labute approximate surface area is 107 Å². The first-order chi connectivity index (χ1) is 8.72. The molecule has 1 heterocycles. The standard InChI is InChI=1S/C13H19N3O2/c14-9-12-6-3-4-8-15(12)10-11-5-1-2-7-13(11)16(17)18/h1-2,5,7,12H,3-4,6,8-10,14H2. The Hall–Kier alpha value is -1.46. The van der Waals surface area contributed by atoms with E-state index in [0.717, 1.165) is 24.9 Å². The van der Waals surface area contributed by atoms with Crippen LogP contribution in [0.25, 0.3) is 0 Å². The summed E-state index contributed by atoms with van der Waals surface area (Å²) in [6.07, 6.45) is 3.45. The van der Waals surface area contributed by atoms with E-state index < -0.39 is 0 Å². The maximum Gasteiger partial charge on any atom is 0.273 e. The van der Waals surface area contributed by atoms with Crippen molar-refractivity contribution in [3.05, 3.63) is 39.9 Å².